The van der Waals surface area contributed by atoms with E-state index in [4.69, 9.17) is 14.2 Å². The lowest BCUT2D eigenvalue weighted by Crippen LogP contribution is -2.38. The van der Waals surface area contributed by atoms with E-state index < -0.39 is 22.5 Å². The van der Waals surface area contributed by atoms with E-state index >= 15 is 0 Å². The van der Waals surface area contributed by atoms with Crippen LogP contribution in [0.2, 0.25) is 0 Å². The molecule has 0 aliphatic carbocycles. The number of benzene rings is 4. The fourth-order valence-electron chi connectivity index (χ4n) is 3.96. The molecule has 0 saturated carbocycles. The van der Waals surface area contributed by atoms with Gasteiger partial charge in [0, 0.05) is 17.1 Å². The van der Waals surface area contributed by atoms with Gasteiger partial charge in [-0.1, -0.05) is 36.4 Å². The van der Waals surface area contributed by atoms with Crippen molar-refractivity contribution in [3.05, 3.63) is 84.9 Å². The number of sulfonamides is 1. The molecule has 0 aromatic heterocycles. The normalized spacial score (nSPS) is 11.1. The molecule has 0 aliphatic heterocycles. The minimum Gasteiger partial charge on any atom is -0.497 e. The number of nitrogens with zero attached hydrogens (tertiary/aromatic N) is 1. The quantitative estimate of drug-likeness (QED) is 0.313. The fourth-order valence-corrected chi connectivity index (χ4v) is 5.61. The van der Waals surface area contributed by atoms with Gasteiger partial charge in [0.1, 0.15) is 23.8 Å². The van der Waals surface area contributed by atoms with E-state index in [1.54, 1.807) is 60.7 Å². The van der Waals surface area contributed by atoms with E-state index in [2.05, 4.69) is 5.32 Å². The van der Waals surface area contributed by atoms with Gasteiger partial charge >= 0.3 is 0 Å². The predicted molar refractivity (Wildman–Crippen MR) is 144 cm³/mol. The molecule has 0 aliphatic rings. The van der Waals surface area contributed by atoms with Crippen LogP contribution in [0.1, 0.15) is 6.92 Å². The summed E-state index contributed by atoms with van der Waals surface area (Å²) in [6.07, 6.45) is 0. The van der Waals surface area contributed by atoms with Crippen molar-refractivity contribution in [1.29, 1.82) is 0 Å². The largest absolute Gasteiger partial charge is 0.497 e. The number of methoxy groups -OCH3 is 2. The molecular formula is C28H28N2O6S. The van der Waals surface area contributed by atoms with Crippen LogP contribution in [0.3, 0.4) is 0 Å². The zero-order valence-electron chi connectivity index (χ0n) is 20.8. The first-order valence-corrected chi connectivity index (χ1v) is 13.1. The molecule has 0 heterocycles. The van der Waals surface area contributed by atoms with E-state index in [1.807, 2.05) is 25.1 Å². The first kappa shape index (κ1) is 25.8. The Morgan fingerprint density at radius 1 is 0.865 bits per heavy atom. The van der Waals surface area contributed by atoms with Gasteiger partial charge in [0.2, 0.25) is 5.91 Å². The van der Waals surface area contributed by atoms with Crippen LogP contribution in [0.25, 0.3) is 10.8 Å². The van der Waals surface area contributed by atoms with Crippen molar-refractivity contribution in [2.24, 2.45) is 0 Å². The fraction of sp³-hybridized carbons (Fsp3) is 0.179. The van der Waals surface area contributed by atoms with Gasteiger partial charge in [-0.2, -0.15) is 0 Å². The van der Waals surface area contributed by atoms with Crippen LogP contribution in [-0.2, 0) is 14.8 Å². The van der Waals surface area contributed by atoms with Gasteiger partial charge in [-0.3, -0.25) is 9.10 Å². The van der Waals surface area contributed by atoms with Crippen molar-refractivity contribution in [2.45, 2.75) is 11.8 Å². The Morgan fingerprint density at radius 3 is 2.27 bits per heavy atom. The van der Waals surface area contributed by atoms with Crippen molar-refractivity contribution in [1.82, 2.24) is 0 Å². The van der Waals surface area contributed by atoms with Crippen molar-refractivity contribution in [3.63, 3.8) is 0 Å². The average molecular weight is 521 g/mol. The number of fused-ring (bicyclic) bond motifs is 1. The second-order valence-electron chi connectivity index (χ2n) is 8.03. The average Bonchev–Trinajstić information content (AvgIpc) is 2.92. The Kier molecular flexibility index (Phi) is 7.83. The maximum Gasteiger partial charge on any atom is 0.265 e. The summed E-state index contributed by atoms with van der Waals surface area (Å²) >= 11 is 0. The number of hydrogen-bond donors (Lipinski definition) is 1. The molecule has 0 saturated heterocycles. The molecule has 192 valence electrons. The SMILES string of the molecule is CCOc1ccc(NC(=O)CN(c2ccc(OC)cc2OC)S(=O)(=O)c2cccc3ccccc23)cc1. The molecular weight excluding hydrogens is 492 g/mol. The Hall–Kier alpha value is -4.24. The highest BCUT2D eigenvalue weighted by atomic mass is 32.2. The number of carbonyl (C=O) groups excluding carboxylic acids is 1. The topological polar surface area (TPSA) is 94.2 Å². The molecule has 4 rings (SSSR count). The summed E-state index contributed by atoms with van der Waals surface area (Å²) in [6, 6.07) is 23.9. The van der Waals surface area contributed by atoms with E-state index in [0.717, 1.165) is 9.69 Å². The first-order valence-electron chi connectivity index (χ1n) is 11.6. The van der Waals surface area contributed by atoms with Crippen LogP contribution < -0.4 is 23.8 Å². The summed E-state index contributed by atoms with van der Waals surface area (Å²) in [5, 5.41) is 4.08. The number of hydrogen-bond acceptors (Lipinski definition) is 6. The van der Waals surface area contributed by atoms with Crippen LogP contribution in [0.4, 0.5) is 11.4 Å². The molecule has 1 amide bonds. The molecule has 37 heavy (non-hydrogen) atoms. The number of rotatable bonds is 10. The zero-order valence-corrected chi connectivity index (χ0v) is 21.6. The van der Waals surface area contributed by atoms with Crippen molar-refractivity contribution in [2.75, 3.05) is 37.0 Å². The molecule has 8 nitrogen and oxygen atoms in total. The van der Waals surface area contributed by atoms with Crippen LogP contribution in [-0.4, -0.2) is 41.7 Å². The summed E-state index contributed by atoms with van der Waals surface area (Å²) in [6.45, 7) is 1.92. The van der Waals surface area contributed by atoms with Crippen molar-refractivity contribution in [3.8, 4) is 17.2 Å². The molecule has 0 bridgehead atoms. The summed E-state index contributed by atoms with van der Waals surface area (Å²) in [7, 11) is -1.27. The third kappa shape index (κ3) is 5.62. The van der Waals surface area contributed by atoms with Gasteiger partial charge in [-0.05, 0) is 54.8 Å². The van der Waals surface area contributed by atoms with Crippen molar-refractivity contribution < 1.29 is 27.4 Å². The molecule has 1 N–H and O–H groups in total. The molecule has 0 radical (unpaired) electrons. The molecule has 0 spiro atoms. The Morgan fingerprint density at radius 2 is 1.57 bits per heavy atom. The monoisotopic (exact) mass is 520 g/mol. The van der Waals surface area contributed by atoms with Crippen LogP contribution in [0.5, 0.6) is 17.2 Å². The van der Waals surface area contributed by atoms with E-state index in [-0.39, 0.29) is 16.3 Å². The van der Waals surface area contributed by atoms with Gasteiger partial charge < -0.3 is 19.5 Å². The minimum atomic E-state index is -4.20. The highest BCUT2D eigenvalue weighted by molar-refractivity contribution is 7.93. The molecule has 9 heteroatoms. The van der Waals surface area contributed by atoms with E-state index in [9.17, 15) is 13.2 Å². The summed E-state index contributed by atoms with van der Waals surface area (Å²) < 4.78 is 45.5. The smallest absolute Gasteiger partial charge is 0.265 e. The van der Waals surface area contributed by atoms with E-state index in [1.165, 1.54) is 20.3 Å². The lowest BCUT2D eigenvalue weighted by atomic mass is 10.1. The molecule has 0 fully saturated rings. The zero-order chi connectivity index (χ0) is 26.4. The highest BCUT2D eigenvalue weighted by Gasteiger charge is 2.31. The van der Waals surface area contributed by atoms with Gasteiger partial charge in [-0.25, -0.2) is 8.42 Å². The number of anilines is 2. The minimum absolute atomic E-state index is 0.0809. The Balaban J connectivity index is 1.75. The van der Waals surface area contributed by atoms with Gasteiger partial charge in [0.05, 0.1) is 31.4 Å². The number of carbonyl (C=O) groups is 1. The molecule has 4 aromatic rings. The second kappa shape index (κ2) is 11.2. The molecule has 4 aromatic carbocycles. The summed E-state index contributed by atoms with van der Waals surface area (Å²) in [5.41, 5.74) is 0.718. The molecule has 0 atom stereocenters. The third-order valence-electron chi connectivity index (χ3n) is 5.71. The predicted octanol–water partition coefficient (Wildman–Crippen LogP) is 5.09. The Bertz CT molecular complexity index is 1500. The van der Waals surface area contributed by atoms with Gasteiger partial charge in [0.25, 0.3) is 10.0 Å². The number of ether oxygens (including phenoxy) is 3. The number of nitrogens with one attached hydrogen (secondary N) is 1. The third-order valence-corrected chi connectivity index (χ3v) is 7.53. The Labute approximate surface area is 216 Å². The number of amides is 1. The van der Waals surface area contributed by atoms with Crippen LogP contribution in [0.15, 0.2) is 89.8 Å². The van der Waals surface area contributed by atoms with Gasteiger partial charge in [-0.15, -0.1) is 0 Å². The first-order chi connectivity index (χ1) is 17.9. The maximum atomic E-state index is 14.1. The lowest BCUT2D eigenvalue weighted by Gasteiger charge is -2.26. The van der Waals surface area contributed by atoms with Crippen LogP contribution in [0, 0.1) is 0 Å². The van der Waals surface area contributed by atoms with Gasteiger partial charge in [0.15, 0.2) is 0 Å². The van der Waals surface area contributed by atoms with E-state index in [0.29, 0.717) is 29.2 Å². The lowest BCUT2D eigenvalue weighted by molar-refractivity contribution is -0.114. The standard InChI is InChI=1S/C28H28N2O6S/c1-4-36-22-14-12-21(13-15-22)29-28(31)19-30(25-17-16-23(34-2)18-26(25)35-3)37(32,33)27-11-7-9-20-8-5-6-10-24(20)27/h5-18H,4,19H2,1-3H3,(H,29,31). The highest BCUT2D eigenvalue weighted by Crippen LogP contribution is 2.37. The summed E-state index contributed by atoms with van der Waals surface area (Å²) in [4.78, 5) is 13.2. The summed E-state index contributed by atoms with van der Waals surface area (Å²) in [5.74, 6) is 0.883. The molecule has 0 unspecified atom stereocenters. The second-order valence-corrected chi connectivity index (χ2v) is 9.86. The van der Waals surface area contributed by atoms with Crippen molar-refractivity contribution >= 4 is 38.1 Å². The van der Waals surface area contributed by atoms with Crippen LogP contribution >= 0.6 is 0 Å². The maximum absolute atomic E-state index is 14.1.